The zero-order chi connectivity index (χ0) is 14.9. The molecule has 1 aliphatic rings. The van der Waals surface area contributed by atoms with Crippen LogP contribution >= 0.6 is 0 Å². The zero-order valence-electron chi connectivity index (χ0n) is 10.6. The molecule has 1 aromatic carbocycles. The van der Waals surface area contributed by atoms with Crippen LogP contribution in [0.25, 0.3) is 0 Å². The van der Waals surface area contributed by atoms with Crippen LogP contribution in [0, 0.1) is 5.82 Å². The number of hydrogen-bond donors (Lipinski definition) is 2. The van der Waals surface area contributed by atoms with E-state index in [2.05, 4.69) is 10.6 Å². The summed E-state index contributed by atoms with van der Waals surface area (Å²) in [7, 11) is 0. The van der Waals surface area contributed by atoms with Crippen LogP contribution in [0.1, 0.15) is 12.5 Å². The Balaban J connectivity index is 2.20. The number of nitrogens with one attached hydrogen (secondary N) is 2. The Labute approximate surface area is 112 Å². The standard InChI is InChI=1S/C13H12F4N2O/c1-7(8-5-18-6-8)12(20)19-9-2-3-11(14)10(4-9)13(15,16)17/h2-4,18H,5-6H2,1H3,(H,19,20). The van der Waals surface area contributed by atoms with E-state index in [0.717, 1.165) is 11.6 Å². The Hall–Kier alpha value is -1.89. The molecule has 0 aliphatic carbocycles. The van der Waals surface area contributed by atoms with Crippen molar-refractivity contribution in [1.29, 1.82) is 0 Å². The minimum Gasteiger partial charge on any atom is -0.322 e. The van der Waals surface area contributed by atoms with Crippen LogP contribution in [0.3, 0.4) is 0 Å². The Morgan fingerprint density at radius 1 is 1.30 bits per heavy atom. The van der Waals surface area contributed by atoms with Crippen molar-refractivity contribution in [1.82, 2.24) is 5.32 Å². The number of halogens is 4. The molecule has 7 heteroatoms. The van der Waals surface area contributed by atoms with E-state index in [1.807, 2.05) is 0 Å². The Morgan fingerprint density at radius 2 is 1.95 bits per heavy atom. The van der Waals surface area contributed by atoms with E-state index in [4.69, 9.17) is 0 Å². The molecule has 0 aromatic heterocycles. The quantitative estimate of drug-likeness (QED) is 0.649. The van der Waals surface area contributed by atoms with Crippen molar-refractivity contribution in [3.05, 3.63) is 40.7 Å². The number of benzene rings is 1. The molecule has 0 radical (unpaired) electrons. The highest BCUT2D eigenvalue weighted by molar-refractivity contribution is 6.04. The van der Waals surface area contributed by atoms with Gasteiger partial charge in [-0.1, -0.05) is 0 Å². The third kappa shape index (κ3) is 2.98. The third-order valence-corrected chi connectivity index (χ3v) is 3.08. The lowest BCUT2D eigenvalue weighted by atomic mass is 10.0. The lowest BCUT2D eigenvalue weighted by Crippen LogP contribution is -2.36. The fourth-order valence-corrected chi connectivity index (χ4v) is 1.72. The number of amides is 1. The lowest BCUT2D eigenvalue weighted by Gasteiger charge is -2.21. The summed E-state index contributed by atoms with van der Waals surface area (Å²) < 4.78 is 50.7. The average Bonchev–Trinajstić information content (AvgIpc) is 2.27. The molecule has 1 aliphatic heterocycles. The SMILES string of the molecule is CC(C(=O)Nc1ccc(F)c(C(F)(F)F)c1)=C1CNC1. The first-order chi connectivity index (χ1) is 9.29. The van der Waals surface area contributed by atoms with E-state index in [9.17, 15) is 22.4 Å². The van der Waals surface area contributed by atoms with Gasteiger partial charge in [0, 0.05) is 24.4 Å². The fourth-order valence-electron chi connectivity index (χ4n) is 1.72. The molecule has 3 nitrogen and oxygen atoms in total. The van der Waals surface area contributed by atoms with Crippen molar-refractivity contribution in [2.24, 2.45) is 0 Å². The molecular formula is C13H12F4N2O. The molecule has 1 saturated heterocycles. The fraction of sp³-hybridized carbons (Fsp3) is 0.308. The molecule has 108 valence electrons. The van der Waals surface area contributed by atoms with E-state index in [1.54, 1.807) is 6.92 Å². The highest BCUT2D eigenvalue weighted by Gasteiger charge is 2.34. The number of anilines is 1. The molecule has 2 N–H and O–H groups in total. The summed E-state index contributed by atoms with van der Waals surface area (Å²) in [5.41, 5.74) is -0.121. The molecule has 0 spiro atoms. The Morgan fingerprint density at radius 3 is 2.45 bits per heavy atom. The van der Waals surface area contributed by atoms with Gasteiger partial charge in [-0.15, -0.1) is 0 Å². The topological polar surface area (TPSA) is 41.1 Å². The summed E-state index contributed by atoms with van der Waals surface area (Å²) in [5.74, 6) is -1.85. The highest BCUT2D eigenvalue weighted by Crippen LogP contribution is 2.33. The van der Waals surface area contributed by atoms with E-state index in [1.165, 1.54) is 0 Å². The van der Waals surface area contributed by atoms with Gasteiger partial charge in [0.15, 0.2) is 0 Å². The van der Waals surface area contributed by atoms with Gasteiger partial charge in [0.2, 0.25) is 0 Å². The van der Waals surface area contributed by atoms with E-state index >= 15 is 0 Å². The Kier molecular flexibility index (Phi) is 3.80. The van der Waals surface area contributed by atoms with Crippen molar-refractivity contribution < 1.29 is 22.4 Å². The van der Waals surface area contributed by atoms with Gasteiger partial charge >= 0.3 is 6.18 Å². The molecule has 2 rings (SSSR count). The third-order valence-electron chi connectivity index (χ3n) is 3.08. The maximum Gasteiger partial charge on any atom is 0.419 e. The molecule has 1 amide bonds. The second-order valence-electron chi connectivity index (χ2n) is 4.48. The van der Waals surface area contributed by atoms with Gasteiger partial charge in [-0.25, -0.2) is 4.39 Å². The maximum atomic E-state index is 13.1. The van der Waals surface area contributed by atoms with Gasteiger partial charge < -0.3 is 10.6 Å². The van der Waals surface area contributed by atoms with Gasteiger partial charge in [-0.3, -0.25) is 4.79 Å². The first-order valence-corrected chi connectivity index (χ1v) is 5.86. The summed E-state index contributed by atoms with van der Waals surface area (Å²) in [5, 5.41) is 5.30. The monoisotopic (exact) mass is 288 g/mol. The first-order valence-electron chi connectivity index (χ1n) is 5.86. The van der Waals surface area contributed by atoms with Crippen molar-refractivity contribution in [2.75, 3.05) is 18.4 Å². The largest absolute Gasteiger partial charge is 0.419 e. The van der Waals surface area contributed by atoms with Crippen LogP contribution in [0.5, 0.6) is 0 Å². The first kappa shape index (κ1) is 14.5. The summed E-state index contributed by atoms with van der Waals surface area (Å²) in [6.07, 6.45) is -4.80. The van der Waals surface area contributed by atoms with E-state index < -0.39 is 23.5 Å². The van der Waals surface area contributed by atoms with E-state index in [-0.39, 0.29) is 5.69 Å². The molecule has 0 unspecified atom stereocenters. The predicted molar refractivity (Wildman–Crippen MR) is 65.6 cm³/mol. The van der Waals surface area contributed by atoms with Crippen molar-refractivity contribution >= 4 is 11.6 Å². The normalized spacial score (nSPS) is 14.8. The highest BCUT2D eigenvalue weighted by atomic mass is 19.4. The molecule has 1 fully saturated rings. The average molecular weight is 288 g/mol. The number of hydrogen-bond acceptors (Lipinski definition) is 2. The minimum absolute atomic E-state index is 0.0871. The van der Waals surface area contributed by atoms with Gasteiger partial charge in [0.1, 0.15) is 5.82 Å². The summed E-state index contributed by atoms with van der Waals surface area (Å²) >= 11 is 0. The number of carbonyl (C=O) groups is 1. The Bertz CT molecular complexity index is 572. The molecule has 20 heavy (non-hydrogen) atoms. The molecular weight excluding hydrogens is 276 g/mol. The lowest BCUT2D eigenvalue weighted by molar-refractivity contribution is -0.140. The number of carbonyl (C=O) groups excluding carboxylic acids is 1. The van der Waals surface area contributed by atoms with E-state index in [0.29, 0.717) is 30.8 Å². The predicted octanol–water partition coefficient (Wildman–Crippen LogP) is 2.70. The van der Waals surface area contributed by atoms with Gasteiger partial charge in [-0.05, 0) is 30.7 Å². The number of alkyl halides is 3. The molecule has 0 saturated carbocycles. The minimum atomic E-state index is -4.80. The second-order valence-corrected chi connectivity index (χ2v) is 4.48. The van der Waals surface area contributed by atoms with Crippen LogP contribution in [-0.2, 0) is 11.0 Å². The van der Waals surface area contributed by atoms with Crippen LogP contribution in [0.15, 0.2) is 29.3 Å². The summed E-state index contributed by atoms with van der Waals surface area (Å²) in [4.78, 5) is 11.8. The van der Waals surface area contributed by atoms with Gasteiger partial charge in [0.25, 0.3) is 5.91 Å². The molecule has 0 atom stereocenters. The smallest absolute Gasteiger partial charge is 0.322 e. The van der Waals surface area contributed by atoms with Crippen LogP contribution in [-0.4, -0.2) is 19.0 Å². The zero-order valence-corrected chi connectivity index (χ0v) is 10.6. The van der Waals surface area contributed by atoms with Crippen LogP contribution < -0.4 is 10.6 Å². The van der Waals surface area contributed by atoms with Crippen molar-refractivity contribution in [3.63, 3.8) is 0 Å². The van der Waals surface area contributed by atoms with Gasteiger partial charge in [0.05, 0.1) is 5.56 Å². The molecule has 1 aromatic rings. The second kappa shape index (κ2) is 5.24. The van der Waals surface area contributed by atoms with Crippen LogP contribution in [0.4, 0.5) is 23.2 Å². The molecule has 1 heterocycles. The summed E-state index contributed by atoms with van der Waals surface area (Å²) in [6, 6.07) is 2.37. The summed E-state index contributed by atoms with van der Waals surface area (Å²) in [6.45, 7) is 2.78. The van der Waals surface area contributed by atoms with Gasteiger partial charge in [-0.2, -0.15) is 13.2 Å². The van der Waals surface area contributed by atoms with Crippen molar-refractivity contribution in [3.8, 4) is 0 Å². The van der Waals surface area contributed by atoms with Crippen molar-refractivity contribution in [2.45, 2.75) is 13.1 Å². The maximum absolute atomic E-state index is 13.1. The van der Waals surface area contributed by atoms with Crippen LogP contribution in [0.2, 0.25) is 0 Å². The number of rotatable bonds is 2. The molecule has 0 bridgehead atoms.